The van der Waals surface area contributed by atoms with Crippen LogP contribution in [0.15, 0.2) is 18.2 Å². The van der Waals surface area contributed by atoms with Crippen molar-refractivity contribution in [2.24, 2.45) is 5.41 Å². The highest BCUT2D eigenvalue weighted by molar-refractivity contribution is 5.54. The van der Waals surface area contributed by atoms with Crippen molar-refractivity contribution in [1.82, 2.24) is 0 Å². The van der Waals surface area contributed by atoms with Crippen LogP contribution in [0.2, 0.25) is 0 Å². The third-order valence-electron chi connectivity index (χ3n) is 2.34. The fourth-order valence-electron chi connectivity index (χ4n) is 1.42. The molecule has 0 fully saturated rings. The van der Waals surface area contributed by atoms with Crippen LogP contribution in [0, 0.1) is 5.41 Å². The highest BCUT2D eigenvalue weighted by atomic mass is 16.5. The Balaban J connectivity index is 2.75. The number of anilines is 1. The van der Waals surface area contributed by atoms with Gasteiger partial charge in [-0.2, -0.15) is 0 Å². The van der Waals surface area contributed by atoms with E-state index >= 15 is 0 Å². The average Bonchev–Trinajstić information content (AvgIpc) is 2.33. The van der Waals surface area contributed by atoms with Crippen molar-refractivity contribution in [2.75, 3.05) is 32.2 Å². The molecule has 18 heavy (non-hydrogen) atoms. The van der Waals surface area contributed by atoms with Crippen molar-refractivity contribution in [3.05, 3.63) is 18.2 Å². The van der Waals surface area contributed by atoms with Gasteiger partial charge < -0.3 is 19.9 Å². The summed E-state index contributed by atoms with van der Waals surface area (Å²) in [5.74, 6) is 1.32. The minimum atomic E-state index is -0.0111. The van der Waals surface area contributed by atoms with Crippen LogP contribution in [0.5, 0.6) is 11.5 Å². The molecule has 0 amide bonds. The molecule has 0 aromatic heterocycles. The summed E-state index contributed by atoms with van der Waals surface area (Å²) in [5, 5.41) is 12.1. The Labute approximate surface area is 109 Å². The number of hydrogen-bond donors (Lipinski definition) is 2. The molecule has 102 valence electrons. The van der Waals surface area contributed by atoms with Crippen LogP contribution in [0.3, 0.4) is 0 Å². The monoisotopic (exact) mass is 253 g/mol. The van der Waals surface area contributed by atoms with Crippen LogP contribution in [-0.4, -0.2) is 32.0 Å². The van der Waals surface area contributed by atoms with Gasteiger partial charge in [-0.3, -0.25) is 0 Å². The van der Waals surface area contributed by atoms with E-state index in [9.17, 15) is 0 Å². The third kappa shape index (κ3) is 4.84. The number of rotatable bonds is 6. The molecule has 4 heteroatoms. The number of hydrogen-bond acceptors (Lipinski definition) is 4. The molecule has 0 bridgehead atoms. The summed E-state index contributed by atoms with van der Waals surface area (Å²) in [6, 6.07) is 5.70. The van der Waals surface area contributed by atoms with Crippen LogP contribution in [-0.2, 0) is 0 Å². The zero-order chi connectivity index (χ0) is 13.6. The SMILES string of the molecule is COc1ccc(NCC(C)(C)C)cc1OCCO. The van der Waals surface area contributed by atoms with Gasteiger partial charge in [-0.05, 0) is 17.5 Å². The molecule has 0 heterocycles. The zero-order valence-electron chi connectivity index (χ0n) is 11.6. The number of nitrogens with one attached hydrogen (secondary N) is 1. The standard InChI is InChI=1S/C14H23NO3/c1-14(2,3)10-15-11-5-6-12(17-4)13(9-11)18-8-7-16/h5-6,9,15-16H,7-8,10H2,1-4H3. The molecule has 0 saturated heterocycles. The van der Waals surface area contributed by atoms with Crippen molar-refractivity contribution in [3.63, 3.8) is 0 Å². The number of ether oxygens (including phenoxy) is 2. The first-order valence-electron chi connectivity index (χ1n) is 6.12. The molecule has 0 radical (unpaired) electrons. The molecule has 0 aliphatic heterocycles. The first-order valence-corrected chi connectivity index (χ1v) is 6.12. The van der Waals surface area contributed by atoms with Crippen molar-refractivity contribution < 1.29 is 14.6 Å². The normalized spacial score (nSPS) is 11.2. The summed E-state index contributed by atoms with van der Waals surface area (Å²) >= 11 is 0. The Hall–Kier alpha value is -1.42. The maximum absolute atomic E-state index is 8.79. The fraction of sp³-hybridized carbons (Fsp3) is 0.571. The Kier molecular flexibility index (Phi) is 5.28. The Morgan fingerprint density at radius 3 is 2.50 bits per heavy atom. The molecule has 1 rings (SSSR count). The van der Waals surface area contributed by atoms with Crippen molar-refractivity contribution in [2.45, 2.75) is 20.8 Å². The van der Waals surface area contributed by atoms with Crippen LogP contribution < -0.4 is 14.8 Å². The van der Waals surface area contributed by atoms with E-state index in [-0.39, 0.29) is 18.6 Å². The number of methoxy groups -OCH3 is 1. The molecule has 0 unspecified atom stereocenters. The highest BCUT2D eigenvalue weighted by Gasteiger charge is 2.11. The largest absolute Gasteiger partial charge is 0.493 e. The van der Waals surface area contributed by atoms with Gasteiger partial charge in [0.05, 0.1) is 13.7 Å². The van der Waals surface area contributed by atoms with Gasteiger partial charge in [-0.1, -0.05) is 20.8 Å². The van der Waals surface area contributed by atoms with E-state index in [0.29, 0.717) is 11.5 Å². The van der Waals surface area contributed by atoms with E-state index in [1.54, 1.807) is 7.11 Å². The second-order valence-corrected chi connectivity index (χ2v) is 5.35. The van der Waals surface area contributed by atoms with Crippen LogP contribution >= 0.6 is 0 Å². The lowest BCUT2D eigenvalue weighted by Crippen LogP contribution is -2.19. The predicted octanol–water partition coefficient (Wildman–Crippen LogP) is 2.52. The van der Waals surface area contributed by atoms with Crippen LogP contribution in [0.25, 0.3) is 0 Å². The van der Waals surface area contributed by atoms with Gasteiger partial charge in [0.2, 0.25) is 0 Å². The quantitative estimate of drug-likeness (QED) is 0.818. The van der Waals surface area contributed by atoms with Gasteiger partial charge in [-0.25, -0.2) is 0 Å². The summed E-state index contributed by atoms with van der Waals surface area (Å²) in [6.07, 6.45) is 0. The maximum atomic E-state index is 8.79. The topological polar surface area (TPSA) is 50.7 Å². The van der Waals surface area contributed by atoms with Gasteiger partial charge >= 0.3 is 0 Å². The highest BCUT2D eigenvalue weighted by Crippen LogP contribution is 2.30. The zero-order valence-corrected chi connectivity index (χ0v) is 11.6. The van der Waals surface area contributed by atoms with Gasteiger partial charge in [0.15, 0.2) is 11.5 Å². The number of aliphatic hydroxyl groups is 1. The summed E-state index contributed by atoms with van der Waals surface area (Å²) in [6.45, 7) is 7.65. The summed E-state index contributed by atoms with van der Waals surface area (Å²) in [5.41, 5.74) is 1.20. The molecule has 0 aliphatic rings. The molecule has 4 nitrogen and oxygen atoms in total. The van der Waals surface area contributed by atoms with E-state index < -0.39 is 0 Å². The summed E-state index contributed by atoms with van der Waals surface area (Å²) in [4.78, 5) is 0. The first-order chi connectivity index (χ1) is 8.46. The van der Waals surface area contributed by atoms with E-state index in [1.165, 1.54) is 0 Å². The van der Waals surface area contributed by atoms with Crippen LogP contribution in [0.1, 0.15) is 20.8 Å². The van der Waals surface area contributed by atoms with E-state index in [1.807, 2.05) is 18.2 Å². The van der Waals surface area contributed by atoms with E-state index in [0.717, 1.165) is 12.2 Å². The Morgan fingerprint density at radius 1 is 1.22 bits per heavy atom. The molecule has 1 aromatic rings. The van der Waals surface area contributed by atoms with Crippen molar-refractivity contribution in [3.8, 4) is 11.5 Å². The molecule has 0 saturated carbocycles. The third-order valence-corrected chi connectivity index (χ3v) is 2.34. The Bertz CT molecular complexity index is 372. The summed E-state index contributed by atoms with van der Waals surface area (Å²) < 4.78 is 10.6. The lowest BCUT2D eigenvalue weighted by molar-refractivity contribution is 0.196. The average molecular weight is 253 g/mol. The van der Waals surface area contributed by atoms with Crippen LogP contribution in [0.4, 0.5) is 5.69 Å². The second-order valence-electron chi connectivity index (χ2n) is 5.35. The molecule has 1 aromatic carbocycles. The second kappa shape index (κ2) is 6.50. The van der Waals surface area contributed by atoms with E-state index in [2.05, 4.69) is 26.1 Å². The number of aliphatic hydroxyl groups excluding tert-OH is 1. The fourth-order valence-corrected chi connectivity index (χ4v) is 1.42. The lowest BCUT2D eigenvalue weighted by Gasteiger charge is -2.20. The minimum absolute atomic E-state index is 0.0111. The molecule has 0 spiro atoms. The molecular weight excluding hydrogens is 230 g/mol. The predicted molar refractivity (Wildman–Crippen MR) is 73.5 cm³/mol. The molecular formula is C14H23NO3. The van der Waals surface area contributed by atoms with Gasteiger partial charge in [-0.15, -0.1) is 0 Å². The van der Waals surface area contributed by atoms with Crippen molar-refractivity contribution >= 4 is 5.69 Å². The lowest BCUT2D eigenvalue weighted by atomic mass is 9.97. The maximum Gasteiger partial charge on any atom is 0.163 e. The molecule has 0 aliphatic carbocycles. The van der Waals surface area contributed by atoms with Gasteiger partial charge in [0, 0.05) is 18.3 Å². The van der Waals surface area contributed by atoms with Gasteiger partial charge in [0.25, 0.3) is 0 Å². The Morgan fingerprint density at radius 2 is 1.94 bits per heavy atom. The van der Waals surface area contributed by atoms with Crippen molar-refractivity contribution in [1.29, 1.82) is 0 Å². The minimum Gasteiger partial charge on any atom is -0.493 e. The van der Waals surface area contributed by atoms with E-state index in [4.69, 9.17) is 14.6 Å². The smallest absolute Gasteiger partial charge is 0.163 e. The summed E-state index contributed by atoms with van der Waals surface area (Å²) in [7, 11) is 1.60. The van der Waals surface area contributed by atoms with Gasteiger partial charge in [0.1, 0.15) is 6.61 Å². The number of benzene rings is 1. The first kappa shape index (κ1) is 14.6. The molecule has 2 N–H and O–H groups in total. The molecule has 0 atom stereocenters.